The highest BCUT2D eigenvalue weighted by molar-refractivity contribution is 9.09. The molecule has 0 saturated carbocycles. The van der Waals surface area contributed by atoms with Crippen molar-refractivity contribution in [1.29, 1.82) is 0 Å². The first-order valence-corrected chi connectivity index (χ1v) is 6.83. The summed E-state index contributed by atoms with van der Waals surface area (Å²) < 4.78 is 5.27. The van der Waals surface area contributed by atoms with E-state index in [0.717, 1.165) is 0 Å². The van der Waals surface area contributed by atoms with Gasteiger partial charge in [-0.15, -0.1) is 0 Å². The van der Waals surface area contributed by atoms with Gasteiger partial charge in [0.25, 0.3) is 0 Å². The Morgan fingerprint density at radius 3 is 2.18 bits per heavy atom. The Balaban J connectivity index is 4.56. The van der Waals surface area contributed by atoms with Crippen molar-refractivity contribution in [3.05, 3.63) is 0 Å². The minimum absolute atomic E-state index is 0.0310. The number of carbonyl (C=O) groups is 2. The van der Waals surface area contributed by atoms with Crippen molar-refractivity contribution in [2.45, 2.75) is 40.2 Å². The normalized spacial score (nSPS) is 11.5. The number of amides is 1. The molecule has 0 aromatic heterocycles. The molecule has 0 heterocycles. The van der Waals surface area contributed by atoms with E-state index in [2.05, 4.69) is 15.9 Å². The molecule has 0 aliphatic carbocycles. The van der Waals surface area contributed by atoms with Gasteiger partial charge in [0.05, 0.1) is 11.9 Å². The Morgan fingerprint density at radius 2 is 1.82 bits per heavy atom. The third-order valence-electron chi connectivity index (χ3n) is 1.75. The third-order valence-corrected chi connectivity index (χ3v) is 2.38. The zero-order valence-corrected chi connectivity index (χ0v) is 12.8. The van der Waals surface area contributed by atoms with Crippen molar-refractivity contribution < 1.29 is 14.3 Å². The predicted molar refractivity (Wildman–Crippen MR) is 71.4 cm³/mol. The highest BCUT2D eigenvalue weighted by atomic mass is 79.9. The Hall–Kier alpha value is -0.580. The quantitative estimate of drug-likeness (QED) is 0.734. The van der Waals surface area contributed by atoms with E-state index in [4.69, 9.17) is 4.74 Å². The standard InChI is InChI=1S/C12H22BrNO3/c1-9(2)7-14(8-10(15)6-13)11(16)17-12(3,4)5/h9H,6-8H2,1-5H3. The maximum atomic E-state index is 11.9. The minimum atomic E-state index is -0.538. The zero-order valence-electron chi connectivity index (χ0n) is 11.2. The van der Waals surface area contributed by atoms with Gasteiger partial charge >= 0.3 is 6.09 Å². The summed E-state index contributed by atoms with van der Waals surface area (Å²) in [6.45, 7) is 10.0. The van der Waals surface area contributed by atoms with E-state index >= 15 is 0 Å². The van der Waals surface area contributed by atoms with E-state index < -0.39 is 11.7 Å². The van der Waals surface area contributed by atoms with Crippen molar-refractivity contribution in [2.75, 3.05) is 18.4 Å². The van der Waals surface area contributed by atoms with Gasteiger partial charge in [0.2, 0.25) is 0 Å². The fourth-order valence-electron chi connectivity index (χ4n) is 1.23. The van der Waals surface area contributed by atoms with Gasteiger partial charge in [-0.1, -0.05) is 29.8 Å². The van der Waals surface area contributed by atoms with E-state index in [1.165, 1.54) is 4.90 Å². The number of carbonyl (C=O) groups excluding carboxylic acids is 2. The first-order chi connectivity index (χ1) is 7.65. The number of Topliss-reactive ketones (excluding diaryl/α,β-unsaturated/α-hetero) is 1. The van der Waals surface area contributed by atoms with Crippen molar-refractivity contribution in [1.82, 2.24) is 4.90 Å². The highest BCUT2D eigenvalue weighted by Crippen LogP contribution is 2.11. The molecule has 0 aromatic rings. The SMILES string of the molecule is CC(C)CN(CC(=O)CBr)C(=O)OC(C)(C)C. The molecular formula is C12H22BrNO3. The van der Waals surface area contributed by atoms with E-state index in [-0.39, 0.29) is 17.7 Å². The Kier molecular flexibility index (Phi) is 6.75. The van der Waals surface area contributed by atoms with Gasteiger partial charge in [0.1, 0.15) is 5.60 Å². The first kappa shape index (κ1) is 16.4. The molecule has 100 valence electrons. The number of hydrogen-bond donors (Lipinski definition) is 0. The van der Waals surface area contributed by atoms with E-state index in [1.54, 1.807) is 0 Å². The van der Waals surface area contributed by atoms with Crippen LogP contribution in [0.5, 0.6) is 0 Å². The summed E-state index contributed by atoms with van der Waals surface area (Å²) >= 11 is 3.09. The van der Waals surface area contributed by atoms with E-state index in [9.17, 15) is 9.59 Å². The number of hydrogen-bond acceptors (Lipinski definition) is 3. The van der Waals surface area contributed by atoms with Gasteiger partial charge in [-0.2, -0.15) is 0 Å². The van der Waals surface area contributed by atoms with Gasteiger partial charge in [0.15, 0.2) is 5.78 Å². The number of alkyl halides is 1. The molecule has 0 rings (SSSR count). The molecule has 0 spiro atoms. The fraction of sp³-hybridized carbons (Fsp3) is 0.833. The lowest BCUT2D eigenvalue weighted by atomic mass is 10.2. The number of ether oxygens (including phenoxy) is 1. The van der Waals surface area contributed by atoms with Gasteiger partial charge in [-0.3, -0.25) is 4.79 Å². The van der Waals surface area contributed by atoms with E-state index in [1.807, 2.05) is 34.6 Å². The molecule has 0 atom stereocenters. The monoisotopic (exact) mass is 307 g/mol. The Labute approximate surface area is 112 Å². The van der Waals surface area contributed by atoms with Crippen LogP contribution in [0.2, 0.25) is 0 Å². The molecule has 0 aromatic carbocycles. The van der Waals surface area contributed by atoms with Crippen LogP contribution in [0.4, 0.5) is 4.79 Å². The van der Waals surface area contributed by atoms with Crippen molar-refractivity contribution in [3.8, 4) is 0 Å². The van der Waals surface area contributed by atoms with Crippen LogP contribution >= 0.6 is 15.9 Å². The number of rotatable bonds is 5. The number of halogens is 1. The largest absolute Gasteiger partial charge is 0.444 e. The Morgan fingerprint density at radius 1 is 1.29 bits per heavy atom. The van der Waals surface area contributed by atoms with Crippen LogP contribution in [0, 0.1) is 5.92 Å². The van der Waals surface area contributed by atoms with Crippen LogP contribution in [0.1, 0.15) is 34.6 Å². The number of nitrogens with zero attached hydrogens (tertiary/aromatic N) is 1. The molecule has 4 nitrogen and oxygen atoms in total. The second kappa shape index (κ2) is 6.99. The van der Waals surface area contributed by atoms with Crippen LogP contribution in [0.3, 0.4) is 0 Å². The second-order valence-corrected chi connectivity index (χ2v) is 5.99. The first-order valence-electron chi connectivity index (χ1n) is 5.71. The molecule has 0 radical (unpaired) electrons. The molecule has 1 amide bonds. The van der Waals surface area contributed by atoms with Gasteiger partial charge in [-0.05, 0) is 26.7 Å². The summed E-state index contributed by atoms with van der Waals surface area (Å²) in [7, 11) is 0. The molecule has 17 heavy (non-hydrogen) atoms. The van der Waals surface area contributed by atoms with Gasteiger partial charge in [-0.25, -0.2) is 4.79 Å². The van der Waals surface area contributed by atoms with E-state index in [0.29, 0.717) is 12.5 Å². The molecule has 0 fully saturated rings. The van der Waals surface area contributed by atoms with Crippen LogP contribution in [-0.2, 0) is 9.53 Å². The lowest BCUT2D eigenvalue weighted by Crippen LogP contribution is -2.42. The van der Waals surface area contributed by atoms with Crippen LogP contribution in [-0.4, -0.2) is 40.8 Å². The smallest absolute Gasteiger partial charge is 0.410 e. The predicted octanol–water partition coefficient (Wildman–Crippen LogP) is 2.84. The third kappa shape index (κ3) is 8.18. The minimum Gasteiger partial charge on any atom is -0.444 e. The van der Waals surface area contributed by atoms with Crippen molar-refractivity contribution in [2.24, 2.45) is 5.92 Å². The zero-order chi connectivity index (χ0) is 13.6. The summed E-state index contributed by atoms with van der Waals surface area (Å²) in [5.41, 5.74) is -0.538. The van der Waals surface area contributed by atoms with Crippen LogP contribution in [0.15, 0.2) is 0 Å². The second-order valence-electron chi connectivity index (χ2n) is 5.43. The lowest BCUT2D eigenvalue weighted by molar-refractivity contribution is -0.117. The highest BCUT2D eigenvalue weighted by Gasteiger charge is 2.24. The van der Waals surface area contributed by atoms with Gasteiger partial charge < -0.3 is 9.64 Å². The van der Waals surface area contributed by atoms with Crippen LogP contribution in [0.25, 0.3) is 0 Å². The maximum absolute atomic E-state index is 11.9. The van der Waals surface area contributed by atoms with Crippen molar-refractivity contribution >= 4 is 27.8 Å². The molecule has 0 unspecified atom stereocenters. The fourth-order valence-corrected chi connectivity index (χ4v) is 1.40. The molecule has 5 heteroatoms. The lowest BCUT2D eigenvalue weighted by Gasteiger charge is -2.28. The Bertz CT molecular complexity index is 271. The average Bonchev–Trinajstić information content (AvgIpc) is 2.13. The molecule has 0 bridgehead atoms. The van der Waals surface area contributed by atoms with Gasteiger partial charge in [0, 0.05) is 6.54 Å². The van der Waals surface area contributed by atoms with Crippen molar-refractivity contribution in [3.63, 3.8) is 0 Å². The molecular weight excluding hydrogens is 286 g/mol. The van der Waals surface area contributed by atoms with Crippen LogP contribution < -0.4 is 0 Å². The summed E-state index contributed by atoms with van der Waals surface area (Å²) in [5, 5.41) is 0.254. The molecule has 0 aliphatic rings. The maximum Gasteiger partial charge on any atom is 0.410 e. The average molecular weight is 308 g/mol. The molecule has 0 saturated heterocycles. The summed E-state index contributed by atoms with van der Waals surface area (Å²) in [5.74, 6) is 0.266. The summed E-state index contributed by atoms with van der Waals surface area (Å²) in [6, 6.07) is 0. The summed E-state index contributed by atoms with van der Waals surface area (Å²) in [4.78, 5) is 24.7. The summed E-state index contributed by atoms with van der Waals surface area (Å²) in [6.07, 6.45) is -0.430. The topological polar surface area (TPSA) is 46.6 Å². The number of ketones is 1. The molecule has 0 N–H and O–H groups in total. The molecule has 0 aliphatic heterocycles.